The van der Waals surface area contributed by atoms with Crippen LogP contribution in [-0.2, 0) is 10.0 Å². The summed E-state index contributed by atoms with van der Waals surface area (Å²) in [5.74, 6) is 0. The van der Waals surface area contributed by atoms with Crippen LogP contribution in [0.5, 0.6) is 0 Å². The monoisotopic (exact) mass is 366 g/mol. The lowest BCUT2D eigenvalue weighted by Gasteiger charge is -2.08. The fraction of sp³-hybridized carbons (Fsp3) is 0.0714. The number of H-pyrrole nitrogens is 1. The van der Waals surface area contributed by atoms with Crippen LogP contribution in [0.25, 0.3) is 10.9 Å². The molecule has 108 valence electrons. The summed E-state index contributed by atoms with van der Waals surface area (Å²) in [6, 6.07) is 9.76. The third-order valence-corrected chi connectivity index (χ3v) is 5.74. The van der Waals surface area contributed by atoms with Gasteiger partial charge in [0.25, 0.3) is 15.6 Å². The zero-order valence-electron chi connectivity index (χ0n) is 11.0. The number of aromatic amines is 1. The number of aromatic nitrogens is 2. The molecule has 0 fully saturated rings. The second-order valence-electron chi connectivity index (χ2n) is 4.66. The van der Waals surface area contributed by atoms with E-state index in [9.17, 15) is 13.2 Å². The lowest BCUT2D eigenvalue weighted by molar-refractivity contribution is 0.588. The van der Waals surface area contributed by atoms with E-state index in [2.05, 4.69) is 20.9 Å². The van der Waals surface area contributed by atoms with Gasteiger partial charge in [-0.3, -0.25) is 4.79 Å². The average molecular weight is 367 g/mol. The van der Waals surface area contributed by atoms with Crippen LogP contribution in [0.2, 0.25) is 0 Å². The van der Waals surface area contributed by atoms with Crippen LogP contribution >= 0.6 is 15.9 Å². The summed E-state index contributed by atoms with van der Waals surface area (Å²) in [4.78, 5) is 14.6. The van der Waals surface area contributed by atoms with Gasteiger partial charge in [-0.2, -0.15) is 0 Å². The van der Waals surface area contributed by atoms with Crippen molar-refractivity contribution in [2.24, 2.45) is 0 Å². The number of benzene rings is 1. The van der Waals surface area contributed by atoms with Gasteiger partial charge in [-0.25, -0.2) is 12.4 Å². The molecule has 0 unspecified atom stereocenters. The Balaban J connectivity index is 2.36. The van der Waals surface area contributed by atoms with Gasteiger partial charge in [0.15, 0.2) is 0 Å². The SMILES string of the molecule is Cc1ccc(S(=O)(=O)n2c(Br)cc3cc[nH]c(=O)c32)cc1. The number of fused-ring (bicyclic) bond motifs is 1. The van der Waals surface area contributed by atoms with Crippen molar-refractivity contribution in [2.75, 3.05) is 0 Å². The predicted molar refractivity (Wildman–Crippen MR) is 84.0 cm³/mol. The number of hydrogen-bond donors (Lipinski definition) is 1. The fourth-order valence-electron chi connectivity index (χ4n) is 2.16. The minimum absolute atomic E-state index is 0.102. The molecule has 1 N–H and O–H groups in total. The highest BCUT2D eigenvalue weighted by Crippen LogP contribution is 2.26. The molecule has 5 nitrogen and oxygen atoms in total. The van der Waals surface area contributed by atoms with Crippen molar-refractivity contribution in [2.45, 2.75) is 11.8 Å². The Morgan fingerprint density at radius 1 is 1.14 bits per heavy atom. The van der Waals surface area contributed by atoms with E-state index in [0.717, 1.165) is 9.54 Å². The third-order valence-electron chi connectivity index (χ3n) is 3.20. The molecule has 0 aliphatic carbocycles. The number of hydrogen-bond acceptors (Lipinski definition) is 3. The molecule has 21 heavy (non-hydrogen) atoms. The summed E-state index contributed by atoms with van der Waals surface area (Å²) in [5, 5.41) is 0.557. The summed E-state index contributed by atoms with van der Waals surface area (Å²) in [6.45, 7) is 1.88. The molecule has 0 atom stereocenters. The quantitative estimate of drug-likeness (QED) is 0.757. The molecule has 3 aromatic rings. The standard InChI is InChI=1S/C14H11BrN2O3S/c1-9-2-4-11(5-3-9)21(19,20)17-12(15)8-10-6-7-16-14(18)13(10)17/h2-8H,1H3,(H,16,18). The lowest BCUT2D eigenvalue weighted by atomic mass is 10.2. The Morgan fingerprint density at radius 3 is 2.48 bits per heavy atom. The van der Waals surface area contributed by atoms with Gasteiger partial charge in [-0.1, -0.05) is 17.7 Å². The highest BCUT2D eigenvalue weighted by molar-refractivity contribution is 9.10. The molecule has 0 saturated heterocycles. The van der Waals surface area contributed by atoms with Crippen LogP contribution in [0.4, 0.5) is 0 Å². The first-order valence-electron chi connectivity index (χ1n) is 6.12. The first-order valence-corrected chi connectivity index (χ1v) is 8.35. The zero-order valence-corrected chi connectivity index (χ0v) is 13.4. The van der Waals surface area contributed by atoms with Crippen molar-refractivity contribution in [1.29, 1.82) is 0 Å². The van der Waals surface area contributed by atoms with E-state index in [0.29, 0.717) is 9.99 Å². The molecule has 7 heteroatoms. The van der Waals surface area contributed by atoms with Crippen LogP contribution in [0, 0.1) is 6.92 Å². The molecule has 0 spiro atoms. The maximum absolute atomic E-state index is 12.8. The molecule has 3 rings (SSSR count). The van der Waals surface area contributed by atoms with Crippen molar-refractivity contribution >= 4 is 36.9 Å². The van der Waals surface area contributed by atoms with Gasteiger partial charge in [0.2, 0.25) is 0 Å². The highest BCUT2D eigenvalue weighted by Gasteiger charge is 2.23. The number of nitrogens with one attached hydrogen (secondary N) is 1. The van der Waals surface area contributed by atoms with E-state index in [-0.39, 0.29) is 10.4 Å². The average Bonchev–Trinajstić information content (AvgIpc) is 2.77. The van der Waals surface area contributed by atoms with Crippen LogP contribution in [-0.4, -0.2) is 17.4 Å². The van der Waals surface area contributed by atoms with Crippen molar-refractivity contribution in [1.82, 2.24) is 8.96 Å². The number of halogens is 1. The van der Waals surface area contributed by atoms with Gasteiger partial charge in [-0.05, 0) is 47.1 Å². The minimum atomic E-state index is -3.84. The normalized spacial score (nSPS) is 11.9. The van der Waals surface area contributed by atoms with E-state index >= 15 is 0 Å². The Bertz CT molecular complexity index is 985. The molecule has 0 amide bonds. The number of rotatable bonds is 2. The third kappa shape index (κ3) is 2.22. The van der Waals surface area contributed by atoms with E-state index in [1.54, 1.807) is 24.3 Å². The Morgan fingerprint density at radius 2 is 1.81 bits per heavy atom. The van der Waals surface area contributed by atoms with Crippen molar-refractivity contribution in [3.8, 4) is 0 Å². The summed E-state index contributed by atoms with van der Waals surface area (Å²) in [5.41, 5.74) is 0.613. The number of nitrogens with zero attached hydrogens (tertiary/aromatic N) is 1. The number of pyridine rings is 1. The molecule has 0 aliphatic rings. The summed E-state index contributed by atoms with van der Waals surface area (Å²) < 4.78 is 26.9. The molecule has 0 aliphatic heterocycles. The number of aryl methyl sites for hydroxylation is 1. The van der Waals surface area contributed by atoms with Crippen molar-refractivity contribution in [3.63, 3.8) is 0 Å². The lowest BCUT2D eigenvalue weighted by Crippen LogP contribution is -2.18. The Hall–Kier alpha value is -1.86. The molecule has 0 radical (unpaired) electrons. The summed E-state index contributed by atoms with van der Waals surface area (Å²) in [6.07, 6.45) is 1.49. The van der Waals surface area contributed by atoms with Gasteiger partial charge >= 0.3 is 0 Å². The van der Waals surface area contributed by atoms with Crippen LogP contribution in [0.15, 0.2) is 56.9 Å². The van der Waals surface area contributed by atoms with E-state index < -0.39 is 15.6 Å². The minimum Gasteiger partial charge on any atom is -0.327 e. The first-order chi connectivity index (χ1) is 9.91. The second kappa shape index (κ2) is 4.85. The molecular weight excluding hydrogens is 356 g/mol. The maximum atomic E-state index is 12.8. The smallest absolute Gasteiger partial charge is 0.273 e. The van der Waals surface area contributed by atoms with Crippen LogP contribution < -0.4 is 5.56 Å². The molecule has 0 saturated carbocycles. The van der Waals surface area contributed by atoms with Crippen LogP contribution in [0.1, 0.15) is 5.56 Å². The van der Waals surface area contributed by atoms with Crippen molar-refractivity contribution < 1.29 is 8.42 Å². The summed E-state index contributed by atoms with van der Waals surface area (Å²) >= 11 is 3.22. The van der Waals surface area contributed by atoms with E-state index in [1.165, 1.54) is 18.3 Å². The van der Waals surface area contributed by atoms with Gasteiger partial charge < -0.3 is 4.98 Å². The Labute approximate surface area is 129 Å². The zero-order chi connectivity index (χ0) is 15.2. The van der Waals surface area contributed by atoms with Crippen molar-refractivity contribution in [3.05, 3.63) is 63.1 Å². The van der Waals surface area contributed by atoms with Crippen LogP contribution in [0.3, 0.4) is 0 Å². The van der Waals surface area contributed by atoms with E-state index in [1.807, 2.05) is 6.92 Å². The van der Waals surface area contributed by atoms with Gasteiger partial charge in [-0.15, -0.1) is 0 Å². The maximum Gasteiger partial charge on any atom is 0.273 e. The fourth-order valence-corrected chi connectivity index (χ4v) is 4.55. The molecule has 0 bridgehead atoms. The van der Waals surface area contributed by atoms with Gasteiger partial charge in [0.05, 0.1) is 4.90 Å². The largest absolute Gasteiger partial charge is 0.327 e. The topological polar surface area (TPSA) is 71.9 Å². The second-order valence-corrected chi connectivity index (χ2v) is 7.26. The molecule has 2 aromatic heterocycles. The molecular formula is C14H11BrN2O3S. The van der Waals surface area contributed by atoms with E-state index in [4.69, 9.17) is 0 Å². The first kappa shape index (κ1) is 14.1. The molecule has 2 heterocycles. The Kier molecular flexibility index (Phi) is 3.26. The van der Waals surface area contributed by atoms with Gasteiger partial charge in [0.1, 0.15) is 10.1 Å². The summed E-state index contributed by atoms with van der Waals surface area (Å²) in [7, 11) is -3.84. The molecule has 1 aromatic carbocycles. The highest BCUT2D eigenvalue weighted by atomic mass is 79.9. The predicted octanol–water partition coefficient (Wildman–Crippen LogP) is 2.64. The van der Waals surface area contributed by atoms with Gasteiger partial charge in [0, 0.05) is 11.6 Å².